The Hall–Kier alpha value is -0.830. The number of hydrogen-bond acceptors (Lipinski definition) is 3. The zero-order chi connectivity index (χ0) is 13.2. The molecule has 1 N–H and O–H groups in total. The molecule has 0 saturated carbocycles. The lowest BCUT2D eigenvalue weighted by atomic mass is 9.82. The van der Waals surface area contributed by atoms with Crippen LogP contribution in [0.4, 0.5) is 11.4 Å². The van der Waals surface area contributed by atoms with E-state index in [-0.39, 0.29) is 0 Å². The molecule has 1 saturated heterocycles. The summed E-state index contributed by atoms with van der Waals surface area (Å²) in [4.78, 5) is 2.17. The molecule has 0 aliphatic carbocycles. The summed E-state index contributed by atoms with van der Waals surface area (Å²) in [6.07, 6.45) is 1.29. The van der Waals surface area contributed by atoms with Gasteiger partial charge in [0.25, 0.3) is 0 Å². The molecule has 1 aromatic rings. The summed E-state index contributed by atoms with van der Waals surface area (Å²) in [6, 6.07) is 9.12. The number of nitrogens with one attached hydrogen (secondary N) is 1. The Labute approximate surface area is 115 Å². The van der Waals surface area contributed by atoms with Gasteiger partial charge in [0.1, 0.15) is 0 Å². The van der Waals surface area contributed by atoms with Crippen molar-refractivity contribution in [2.24, 2.45) is 5.41 Å². The molecule has 100 valence electrons. The van der Waals surface area contributed by atoms with Crippen LogP contribution in [0.3, 0.4) is 0 Å². The molecule has 1 aliphatic heterocycles. The van der Waals surface area contributed by atoms with Crippen molar-refractivity contribution in [1.82, 2.24) is 0 Å². The Bertz CT molecular complexity index is 401. The van der Waals surface area contributed by atoms with E-state index >= 15 is 0 Å². The van der Waals surface area contributed by atoms with E-state index in [1.165, 1.54) is 29.3 Å². The molecule has 2 rings (SSSR count). The minimum absolute atomic E-state index is 0.380. The van der Waals surface area contributed by atoms with Gasteiger partial charge in [0, 0.05) is 25.9 Å². The van der Waals surface area contributed by atoms with Crippen molar-refractivity contribution in [2.75, 3.05) is 35.8 Å². The minimum atomic E-state index is 0.380. The van der Waals surface area contributed by atoms with E-state index in [0.717, 1.165) is 0 Å². The van der Waals surface area contributed by atoms with E-state index in [1.807, 2.05) is 0 Å². The van der Waals surface area contributed by atoms with Gasteiger partial charge in [-0.2, -0.15) is 11.8 Å². The standard InChI is InChI=1S/C15H24N2S/c1-15(2)9-10-18-11-14(15)16-12-7-5-6-8-13(12)17(3)4/h5-8,14,16H,9-11H2,1-4H3. The van der Waals surface area contributed by atoms with Gasteiger partial charge >= 0.3 is 0 Å². The van der Waals surface area contributed by atoms with Gasteiger partial charge in [-0.1, -0.05) is 26.0 Å². The van der Waals surface area contributed by atoms with Crippen molar-refractivity contribution in [3.05, 3.63) is 24.3 Å². The van der Waals surface area contributed by atoms with Crippen LogP contribution in [0.15, 0.2) is 24.3 Å². The van der Waals surface area contributed by atoms with Gasteiger partial charge in [-0.25, -0.2) is 0 Å². The van der Waals surface area contributed by atoms with Crippen molar-refractivity contribution in [3.8, 4) is 0 Å². The fourth-order valence-electron chi connectivity index (χ4n) is 2.35. The van der Waals surface area contributed by atoms with Crippen LogP contribution in [0.1, 0.15) is 20.3 Å². The van der Waals surface area contributed by atoms with Gasteiger partial charge in [0.15, 0.2) is 0 Å². The van der Waals surface area contributed by atoms with Crippen molar-refractivity contribution in [2.45, 2.75) is 26.3 Å². The fourth-order valence-corrected chi connectivity index (χ4v) is 3.95. The second-order valence-electron chi connectivity index (χ2n) is 5.92. The van der Waals surface area contributed by atoms with Gasteiger partial charge in [-0.05, 0) is 29.7 Å². The average Bonchev–Trinajstić information content (AvgIpc) is 2.32. The number of nitrogens with zero attached hydrogens (tertiary/aromatic N) is 1. The molecule has 0 radical (unpaired) electrons. The molecular weight excluding hydrogens is 240 g/mol. The van der Waals surface area contributed by atoms with E-state index in [0.29, 0.717) is 11.5 Å². The van der Waals surface area contributed by atoms with Crippen LogP contribution in [0.5, 0.6) is 0 Å². The van der Waals surface area contributed by atoms with Crippen LogP contribution in [-0.2, 0) is 0 Å². The molecule has 2 nitrogen and oxygen atoms in total. The van der Waals surface area contributed by atoms with Crippen molar-refractivity contribution >= 4 is 23.1 Å². The molecule has 1 aliphatic rings. The molecule has 18 heavy (non-hydrogen) atoms. The number of rotatable bonds is 3. The first-order valence-electron chi connectivity index (χ1n) is 6.61. The second kappa shape index (κ2) is 5.43. The Balaban J connectivity index is 2.18. The number of thioether (sulfide) groups is 1. The topological polar surface area (TPSA) is 15.3 Å². The smallest absolute Gasteiger partial charge is 0.0596 e. The zero-order valence-corrected chi connectivity index (χ0v) is 12.7. The van der Waals surface area contributed by atoms with Crippen LogP contribution in [0.25, 0.3) is 0 Å². The van der Waals surface area contributed by atoms with E-state index in [4.69, 9.17) is 0 Å². The first-order valence-corrected chi connectivity index (χ1v) is 7.77. The van der Waals surface area contributed by atoms with Gasteiger partial charge in [0.05, 0.1) is 11.4 Å². The maximum absolute atomic E-state index is 3.76. The number of hydrogen-bond donors (Lipinski definition) is 1. The lowest BCUT2D eigenvalue weighted by Crippen LogP contribution is -2.41. The lowest BCUT2D eigenvalue weighted by Gasteiger charge is -2.39. The highest BCUT2D eigenvalue weighted by Crippen LogP contribution is 2.37. The molecule has 3 heteroatoms. The third-order valence-electron chi connectivity index (χ3n) is 3.83. The molecule has 0 aromatic heterocycles. The predicted molar refractivity (Wildman–Crippen MR) is 83.9 cm³/mol. The molecule has 1 unspecified atom stereocenters. The number of anilines is 2. The number of para-hydroxylation sites is 2. The highest BCUT2D eigenvalue weighted by Gasteiger charge is 2.32. The summed E-state index contributed by atoms with van der Waals surface area (Å²) in [6.45, 7) is 4.76. The third kappa shape index (κ3) is 2.94. The Morgan fingerprint density at radius 3 is 2.67 bits per heavy atom. The van der Waals surface area contributed by atoms with E-state index in [9.17, 15) is 0 Å². The number of benzene rings is 1. The van der Waals surface area contributed by atoms with Crippen LogP contribution in [0.2, 0.25) is 0 Å². The van der Waals surface area contributed by atoms with Gasteiger partial charge in [-0.15, -0.1) is 0 Å². The molecular formula is C15H24N2S. The fraction of sp³-hybridized carbons (Fsp3) is 0.600. The van der Waals surface area contributed by atoms with E-state index < -0.39 is 0 Å². The minimum Gasteiger partial charge on any atom is -0.379 e. The van der Waals surface area contributed by atoms with Crippen LogP contribution >= 0.6 is 11.8 Å². The lowest BCUT2D eigenvalue weighted by molar-refractivity contribution is 0.305. The maximum Gasteiger partial charge on any atom is 0.0596 e. The molecule has 0 spiro atoms. The quantitative estimate of drug-likeness (QED) is 0.896. The highest BCUT2D eigenvalue weighted by molar-refractivity contribution is 7.99. The second-order valence-corrected chi connectivity index (χ2v) is 7.07. The highest BCUT2D eigenvalue weighted by atomic mass is 32.2. The molecule has 1 heterocycles. The Morgan fingerprint density at radius 2 is 2.00 bits per heavy atom. The largest absolute Gasteiger partial charge is 0.379 e. The summed E-state index contributed by atoms with van der Waals surface area (Å²) in [5.74, 6) is 2.50. The summed E-state index contributed by atoms with van der Waals surface area (Å²) < 4.78 is 0. The maximum atomic E-state index is 3.76. The molecule has 1 aromatic carbocycles. The summed E-state index contributed by atoms with van der Waals surface area (Å²) in [5, 5.41) is 3.76. The molecule has 1 atom stereocenters. The van der Waals surface area contributed by atoms with Gasteiger partial charge < -0.3 is 10.2 Å². The average molecular weight is 264 g/mol. The summed E-state index contributed by atoms with van der Waals surface area (Å²) in [5.41, 5.74) is 2.90. The first kappa shape index (κ1) is 13.6. The van der Waals surface area contributed by atoms with Crippen molar-refractivity contribution in [1.29, 1.82) is 0 Å². The van der Waals surface area contributed by atoms with Crippen LogP contribution in [-0.4, -0.2) is 31.6 Å². The normalized spacial score (nSPS) is 22.6. The van der Waals surface area contributed by atoms with Crippen molar-refractivity contribution < 1.29 is 0 Å². The van der Waals surface area contributed by atoms with Crippen LogP contribution < -0.4 is 10.2 Å². The monoisotopic (exact) mass is 264 g/mol. The van der Waals surface area contributed by atoms with Gasteiger partial charge in [-0.3, -0.25) is 0 Å². The molecule has 0 bridgehead atoms. The third-order valence-corrected chi connectivity index (χ3v) is 4.90. The zero-order valence-electron chi connectivity index (χ0n) is 11.9. The first-order chi connectivity index (χ1) is 8.50. The summed E-state index contributed by atoms with van der Waals surface area (Å²) >= 11 is 2.06. The Morgan fingerprint density at radius 1 is 1.28 bits per heavy atom. The Kier molecular flexibility index (Phi) is 4.10. The van der Waals surface area contributed by atoms with E-state index in [2.05, 4.69) is 74.2 Å². The molecule has 0 amide bonds. The summed E-state index contributed by atoms with van der Waals surface area (Å²) in [7, 11) is 4.20. The molecule has 1 fully saturated rings. The van der Waals surface area contributed by atoms with E-state index in [1.54, 1.807) is 0 Å². The van der Waals surface area contributed by atoms with Crippen molar-refractivity contribution in [3.63, 3.8) is 0 Å². The predicted octanol–water partition coefficient (Wildman–Crippen LogP) is 3.70. The van der Waals surface area contributed by atoms with Crippen LogP contribution in [0, 0.1) is 5.41 Å². The van der Waals surface area contributed by atoms with Gasteiger partial charge in [0.2, 0.25) is 0 Å². The SMILES string of the molecule is CN(C)c1ccccc1NC1CSCCC1(C)C.